The normalized spacial score (nSPS) is 14.2. The van der Waals surface area contributed by atoms with Crippen molar-refractivity contribution in [2.24, 2.45) is 0 Å². The second-order valence-electron chi connectivity index (χ2n) is 15.3. The van der Waals surface area contributed by atoms with Crippen LogP contribution in [0.2, 0.25) is 0 Å². The first-order valence-corrected chi connectivity index (χ1v) is 18.8. The predicted molar refractivity (Wildman–Crippen MR) is 225 cm³/mol. The fourth-order valence-corrected chi connectivity index (χ4v) is 9.49. The van der Waals surface area contributed by atoms with Crippen molar-refractivity contribution >= 4 is 60.8 Å². The molecule has 0 bridgehead atoms. The Bertz CT molecular complexity index is 2830. The third kappa shape index (κ3) is 4.45. The zero-order valence-corrected chi connectivity index (χ0v) is 30.0. The Morgan fingerprint density at radius 3 is 1.81 bits per heavy atom. The number of hydrogen-bond acceptors (Lipinski definition) is 2. The number of para-hydroxylation sites is 3. The molecule has 0 saturated carbocycles. The van der Waals surface area contributed by atoms with Crippen LogP contribution in [0.15, 0.2) is 170 Å². The lowest BCUT2D eigenvalue weighted by Gasteiger charge is -2.28. The predicted octanol–water partition coefficient (Wildman–Crippen LogP) is 13.7. The first kappa shape index (κ1) is 30.3. The molecule has 2 aliphatic rings. The molecule has 0 unspecified atom stereocenters. The quantitative estimate of drug-likeness (QED) is 0.167. The summed E-state index contributed by atoms with van der Waals surface area (Å²) in [5.41, 5.74) is 15.4. The van der Waals surface area contributed by atoms with Gasteiger partial charge in [-0.25, -0.2) is 0 Å². The highest BCUT2D eigenvalue weighted by atomic mass is 15.2. The van der Waals surface area contributed by atoms with Crippen molar-refractivity contribution in [2.45, 2.75) is 25.7 Å². The highest BCUT2D eigenvalue weighted by Gasteiger charge is 2.36. The summed E-state index contributed by atoms with van der Waals surface area (Å²) >= 11 is 0. The average Bonchev–Trinajstić information content (AvgIpc) is 3.73. The highest BCUT2D eigenvalue weighted by Crippen LogP contribution is 2.52. The van der Waals surface area contributed by atoms with E-state index in [1.54, 1.807) is 0 Å². The van der Waals surface area contributed by atoms with Gasteiger partial charge in [-0.2, -0.15) is 0 Å². The van der Waals surface area contributed by atoms with Crippen molar-refractivity contribution in [2.75, 3.05) is 16.3 Å². The molecule has 0 saturated heterocycles. The number of benzene rings is 9. The monoisotopic (exact) mass is 678 g/mol. The van der Waals surface area contributed by atoms with Gasteiger partial charge in [0, 0.05) is 45.8 Å². The van der Waals surface area contributed by atoms with Crippen LogP contribution in [-0.4, -0.2) is 6.54 Å². The molecule has 9 aromatic carbocycles. The zero-order valence-electron chi connectivity index (χ0n) is 30.0. The van der Waals surface area contributed by atoms with Gasteiger partial charge in [-0.3, -0.25) is 0 Å². The molecule has 2 nitrogen and oxygen atoms in total. The van der Waals surface area contributed by atoms with Gasteiger partial charge in [0.15, 0.2) is 0 Å². The minimum absolute atomic E-state index is 0.166. The van der Waals surface area contributed by atoms with Crippen LogP contribution >= 0.6 is 0 Å². The van der Waals surface area contributed by atoms with Gasteiger partial charge in [0.1, 0.15) is 0 Å². The molecule has 252 valence electrons. The third-order valence-corrected chi connectivity index (χ3v) is 12.1. The van der Waals surface area contributed by atoms with Crippen LogP contribution in [0.25, 0.3) is 54.6 Å². The van der Waals surface area contributed by atoms with Crippen LogP contribution < -0.4 is 9.80 Å². The Morgan fingerprint density at radius 1 is 0.472 bits per heavy atom. The molecule has 0 radical (unpaired) electrons. The summed E-state index contributed by atoms with van der Waals surface area (Å²) in [7, 11) is 0. The largest absolute Gasteiger partial charge is 0.340 e. The number of rotatable bonds is 5. The Hall–Kier alpha value is -6.38. The molecule has 11 rings (SSSR count). The summed E-state index contributed by atoms with van der Waals surface area (Å²) in [6.07, 6.45) is 1.08. The van der Waals surface area contributed by atoms with Crippen molar-refractivity contribution in [3.63, 3.8) is 0 Å². The van der Waals surface area contributed by atoms with Crippen molar-refractivity contribution < 1.29 is 0 Å². The van der Waals surface area contributed by atoms with Crippen molar-refractivity contribution in [3.8, 4) is 22.3 Å². The molecule has 0 N–H and O–H groups in total. The van der Waals surface area contributed by atoms with Crippen molar-refractivity contribution in [1.29, 1.82) is 0 Å². The standard InChI is InChI=1S/C51H38N2/c1-51(2)45-31-36(20-24-41(45)42-27-22-39(32-46(42)51)53(37-12-5-3-6-13-37)38-14-7-4-8-15-38)40-23-17-34-19-26-44-48(52-30-29-33-11-9-10-16-47(33)52)28-21-35-18-25-43(40)49(34)50(35)44/h3-28,31-32H,29-30H2,1-2H3. The molecule has 1 aliphatic heterocycles. The van der Waals surface area contributed by atoms with E-state index in [-0.39, 0.29) is 5.41 Å². The van der Waals surface area contributed by atoms with Crippen molar-refractivity contribution in [3.05, 3.63) is 187 Å². The molecule has 0 aromatic heterocycles. The minimum atomic E-state index is -0.166. The van der Waals surface area contributed by atoms with E-state index in [1.165, 1.54) is 88.3 Å². The summed E-state index contributed by atoms with van der Waals surface area (Å²) in [5.74, 6) is 0. The van der Waals surface area contributed by atoms with E-state index in [0.29, 0.717) is 0 Å². The van der Waals surface area contributed by atoms with Gasteiger partial charge in [0.2, 0.25) is 0 Å². The van der Waals surface area contributed by atoms with Crippen molar-refractivity contribution in [1.82, 2.24) is 0 Å². The van der Waals surface area contributed by atoms with Crippen LogP contribution in [-0.2, 0) is 11.8 Å². The number of anilines is 5. The van der Waals surface area contributed by atoms with Gasteiger partial charge in [0.05, 0.1) is 0 Å². The Balaban J connectivity index is 1.03. The Labute approximate surface area is 310 Å². The molecule has 0 atom stereocenters. The van der Waals surface area contributed by atoms with Gasteiger partial charge in [-0.1, -0.05) is 129 Å². The van der Waals surface area contributed by atoms with E-state index in [2.05, 4.69) is 194 Å². The van der Waals surface area contributed by atoms with E-state index in [1.807, 2.05) is 0 Å². The summed E-state index contributed by atoms with van der Waals surface area (Å²) in [6.45, 7) is 5.80. The van der Waals surface area contributed by atoms with Crippen LogP contribution in [0, 0.1) is 0 Å². The smallest absolute Gasteiger partial charge is 0.0491 e. The fourth-order valence-electron chi connectivity index (χ4n) is 9.49. The van der Waals surface area contributed by atoms with Crippen LogP contribution in [0.3, 0.4) is 0 Å². The first-order chi connectivity index (χ1) is 26.0. The number of hydrogen-bond donors (Lipinski definition) is 0. The van der Waals surface area contributed by atoms with Gasteiger partial charge >= 0.3 is 0 Å². The molecule has 1 heterocycles. The molecule has 2 heteroatoms. The summed E-state index contributed by atoms with van der Waals surface area (Å²) in [6, 6.07) is 63.2. The molecule has 53 heavy (non-hydrogen) atoms. The minimum Gasteiger partial charge on any atom is -0.340 e. The SMILES string of the molecule is CC1(C)c2cc(-c3ccc4ccc5c(N6CCc7ccccc76)ccc6ccc3c4c65)ccc2-c2ccc(N(c3ccccc3)c3ccccc3)cc21. The topological polar surface area (TPSA) is 6.48 Å². The number of fused-ring (bicyclic) bond motifs is 4. The Kier molecular flexibility index (Phi) is 6.46. The first-order valence-electron chi connectivity index (χ1n) is 18.8. The van der Waals surface area contributed by atoms with Crippen LogP contribution in [0.5, 0.6) is 0 Å². The fraction of sp³-hybridized carbons (Fsp3) is 0.0980. The lowest BCUT2D eigenvalue weighted by atomic mass is 9.81. The molecular formula is C51H38N2. The molecular weight excluding hydrogens is 641 g/mol. The second kappa shape index (κ2) is 11.3. The molecule has 0 spiro atoms. The Morgan fingerprint density at radius 2 is 1.06 bits per heavy atom. The van der Waals surface area contributed by atoms with Crippen LogP contribution in [0.1, 0.15) is 30.5 Å². The highest BCUT2D eigenvalue weighted by molar-refractivity contribution is 6.27. The van der Waals surface area contributed by atoms with E-state index in [0.717, 1.165) is 24.3 Å². The maximum Gasteiger partial charge on any atom is 0.0491 e. The molecule has 1 aliphatic carbocycles. The van der Waals surface area contributed by atoms with E-state index < -0.39 is 0 Å². The van der Waals surface area contributed by atoms with Gasteiger partial charge in [-0.15, -0.1) is 0 Å². The van der Waals surface area contributed by atoms with Gasteiger partial charge < -0.3 is 9.80 Å². The zero-order chi connectivity index (χ0) is 35.3. The van der Waals surface area contributed by atoms with Gasteiger partial charge in [-0.05, 0) is 127 Å². The molecule has 0 amide bonds. The summed E-state index contributed by atoms with van der Waals surface area (Å²) < 4.78 is 0. The van der Waals surface area contributed by atoms with Gasteiger partial charge in [0.25, 0.3) is 0 Å². The summed E-state index contributed by atoms with van der Waals surface area (Å²) in [4.78, 5) is 4.89. The average molecular weight is 679 g/mol. The third-order valence-electron chi connectivity index (χ3n) is 12.1. The maximum atomic E-state index is 2.52. The number of nitrogens with zero attached hydrogens (tertiary/aromatic N) is 2. The van der Waals surface area contributed by atoms with Crippen LogP contribution in [0.4, 0.5) is 28.4 Å². The lowest BCUT2D eigenvalue weighted by Crippen LogP contribution is -2.16. The van der Waals surface area contributed by atoms with E-state index in [9.17, 15) is 0 Å². The maximum absolute atomic E-state index is 2.52. The van der Waals surface area contributed by atoms with E-state index in [4.69, 9.17) is 0 Å². The van der Waals surface area contributed by atoms with E-state index >= 15 is 0 Å². The lowest BCUT2D eigenvalue weighted by molar-refractivity contribution is 0.660. The second-order valence-corrected chi connectivity index (χ2v) is 15.3. The molecule has 0 fully saturated rings. The summed E-state index contributed by atoms with van der Waals surface area (Å²) in [5, 5.41) is 7.97. The molecule has 9 aromatic rings.